The zero-order chi connectivity index (χ0) is 23.1. The van der Waals surface area contributed by atoms with Crippen LogP contribution in [0.25, 0.3) is 21.9 Å². The number of piperazine rings is 1. The highest BCUT2D eigenvalue weighted by Gasteiger charge is 2.22. The van der Waals surface area contributed by atoms with E-state index in [2.05, 4.69) is 46.9 Å². The number of aromatic amines is 1. The molecule has 4 aromatic rings. The van der Waals surface area contributed by atoms with Crippen LogP contribution in [0, 0.1) is 19.7 Å². The number of amides is 1. The normalized spacial score (nSPS) is 14.4. The summed E-state index contributed by atoms with van der Waals surface area (Å²) in [5.41, 5.74) is 4.86. The maximum absolute atomic E-state index is 13.6. The van der Waals surface area contributed by atoms with Crippen LogP contribution >= 0.6 is 0 Å². The lowest BCUT2D eigenvalue weighted by Gasteiger charge is -2.37. The highest BCUT2D eigenvalue weighted by molar-refractivity contribution is 6.04. The molecular weight excluding hydrogens is 421 g/mol. The third-order valence-corrected chi connectivity index (χ3v) is 6.44. The van der Waals surface area contributed by atoms with Crippen molar-refractivity contribution in [3.63, 3.8) is 0 Å². The number of nitrogens with zero attached hydrogens (tertiary/aromatic N) is 4. The van der Waals surface area contributed by atoms with Gasteiger partial charge in [-0.15, -0.1) is 0 Å². The van der Waals surface area contributed by atoms with Gasteiger partial charge in [-0.3, -0.25) is 14.2 Å². The third-order valence-electron chi connectivity index (χ3n) is 6.44. The summed E-state index contributed by atoms with van der Waals surface area (Å²) in [6, 6.07) is 10.7. The SMILES string of the molecule is Cc1ccc(C)c(N2CCN(C(=O)CCn3cnc4c([nH]c5ccc(F)cc54)c3=O)CC2)c1. The molecular formula is C25H26FN5O2. The molecule has 1 saturated heterocycles. The Morgan fingerprint density at radius 2 is 1.88 bits per heavy atom. The Balaban J connectivity index is 1.25. The van der Waals surface area contributed by atoms with E-state index in [1.807, 2.05) is 4.90 Å². The molecule has 0 radical (unpaired) electrons. The summed E-state index contributed by atoms with van der Waals surface area (Å²) in [5.74, 6) is -0.348. The third kappa shape index (κ3) is 3.97. The molecule has 0 saturated carbocycles. The molecule has 1 aliphatic rings. The van der Waals surface area contributed by atoms with Crippen LogP contribution < -0.4 is 10.5 Å². The minimum atomic E-state index is -0.377. The van der Waals surface area contributed by atoms with Crippen molar-refractivity contribution in [2.75, 3.05) is 31.1 Å². The first-order chi connectivity index (χ1) is 15.9. The summed E-state index contributed by atoms with van der Waals surface area (Å²) in [5, 5.41) is 0.576. The van der Waals surface area contributed by atoms with Gasteiger partial charge in [-0.05, 0) is 49.2 Å². The number of benzene rings is 2. The van der Waals surface area contributed by atoms with Gasteiger partial charge in [0.2, 0.25) is 5.91 Å². The predicted molar refractivity (Wildman–Crippen MR) is 127 cm³/mol. The van der Waals surface area contributed by atoms with Gasteiger partial charge in [0.25, 0.3) is 5.56 Å². The van der Waals surface area contributed by atoms with E-state index in [1.165, 1.54) is 39.8 Å². The second-order valence-electron chi connectivity index (χ2n) is 8.69. The number of H-pyrrole nitrogens is 1. The molecule has 2 aromatic heterocycles. The van der Waals surface area contributed by atoms with E-state index in [4.69, 9.17) is 0 Å². The molecule has 0 bridgehead atoms. The zero-order valence-corrected chi connectivity index (χ0v) is 18.8. The van der Waals surface area contributed by atoms with E-state index < -0.39 is 0 Å². The number of hydrogen-bond donors (Lipinski definition) is 1. The molecule has 7 nitrogen and oxygen atoms in total. The number of nitrogens with one attached hydrogen (secondary N) is 1. The van der Waals surface area contributed by atoms with Crippen LogP contribution in [-0.4, -0.2) is 51.5 Å². The molecule has 170 valence electrons. The second-order valence-corrected chi connectivity index (χ2v) is 8.69. The van der Waals surface area contributed by atoms with E-state index >= 15 is 0 Å². The molecule has 0 unspecified atom stereocenters. The number of carbonyl (C=O) groups is 1. The minimum Gasteiger partial charge on any atom is -0.368 e. The summed E-state index contributed by atoms with van der Waals surface area (Å²) >= 11 is 0. The van der Waals surface area contributed by atoms with E-state index in [0.29, 0.717) is 35.0 Å². The summed E-state index contributed by atoms with van der Waals surface area (Å²) in [4.78, 5) is 37.3. The lowest BCUT2D eigenvalue weighted by Crippen LogP contribution is -2.49. The molecule has 1 N–H and O–H groups in total. The summed E-state index contributed by atoms with van der Waals surface area (Å²) in [6.07, 6.45) is 1.67. The van der Waals surface area contributed by atoms with Crippen molar-refractivity contribution in [1.82, 2.24) is 19.4 Å². The lowest BCUT2D eigenvalue weighted by atomic mass is 10.1. The van der Waals surface area contributed by atoms with Gasteiger partial charge in [0.05, 0.1) is 6.33 Å². The Bertz CT molecular complexity index is 1420. The van der Waals surface area contributed by atoms with Crippen LogP contribution in [0.5, 0.6) is 0 Å². The van der Waals surface area contributed by atoms with Crippen molar-refractivity contribution in [3.05, 3.63) is 70.0 Å². The van der Waals surface area contributed by atoms with Crippen LogP contribution in [0.15, 0.2) is 47.5 Å². The highest BCUT2D eigenvalue weighted by Crippen LogP contribution is 2.24. The maximum atomic E-state index is 13.6. The molecule has 1 amide bonds. The van der Waals surface area contributed by atoms with Gasteiger partial charge < -0.3 is 14.8 Å². The molecule has 33 heavy (non-hydrogen) atoms. The average molecular weight is 448 g/mol. The van der Waals surface area contributed by atoms with Crippen molar-refractivity contribution >= 4 is 33.5 Å². The predicted octanol–water partition coefficient (Wildman–Crippen LogP) is 3.37. The monoisotopic (exact) mass is 447 g/mol. The lowest BCUT2D eigenvalue weighted by molar-refractivity contribution is -0.131. The molecule has 0 aliphatic carbocycles. The Morgan fingerprint density at radius 1 is 1.09 bits per heavy atom. The molecule has 0 spiro atoms. The fourth-order valence-corrected chi connectivity index (χ4v) is 4.55. The minimum absolute atomic E-state index is 0.0290. The van der Waals surface area contributed by atoms with Gasteiger partial charge in [0, 0.05) is 55.7 Å². The standard InChI is InChI=1S/C25H26FN5O2/c1-16-3-4-17(2)21(13-16)29-9-11-30(12-10-29)22(32)7-8-31-15-27-23-19-14-18(26)5-6-20(19)28-24(23)25(31)33/h3-6,13-15,28H,7-12H2,1-2H3. The largest absolute Gasteiger partial charge is 0.368 e. The zero-order valence-electron chi connectivity index (χ0n) is 18.8. The number of rotatable bonds is 4. The van der Waals surface area contributed by atoms with Crippen LogP contribution in [0.3, 0.4) is 0 Å². The van der Waals surface area contributed by atoms with Crippen molar-refractivity contribution in [2.45, 2.75) is 26.8 Å². The van der Waals surface area contributed by atoms with E-state index in [-0.39, 0.29) is 30.2 Å². The molecule has 2 aromatic carbocycles. The maximum Gasteiger partial charge on any atom is 0.277 e. The smallest absolute Gasteiger partial charge is 0.277 e. The van der Waals surface area contributed by atoms with Crippen LogP contribution in [0.2, 0.25) is 0 Å². The van der Waals surface area contributed by atoms with Gasteiger partial charge in [0.1, 0.15) is 16.9 Å². The topological polar surface area (TPSA) is 74.2 Å². The number of halogens is 1. The molecule has 8 heteroatoms. The number of anilines is 1. The molecule has 1 aliphatic heterocycles. The van der Waals surface area contributed by atoms with Crippen molar-refractivity contribution in [2.24, 2.45) is 0 Å². The van der Waals surface area contributed by atoms with Crippen molar-refractivity contribution in [1.29, 1.82) is 0 Å². The van der Waals surface area contributed by atoms with E-state index in [9.17, 15) is 14.0 Å². The Kier molecular flexibility index (Phi) is 5.36. The van der Waals surface area contributed by atoms with Crippen molar-refractivity contribution < 1.29 is 9.18 Å². The molecule has 0 atom stereocenters. The number of fused-ring (bicyclic) bond motifs is 3. The fraction of sp³-hybridized carbons (Fsp3) is 0.320. The molecule has 5 rings (SSSR count). The first-order valence-corrected chi connectivity index (χ1v) is 11.2. The van der Waals surface area contributed by atoms with E-state index in [0.717, 1.165) is 13.1 Å². The van der Waals surface area contributed by atoms with Gasteiger partial charge in [-0.25, -0.2) is 9.37 Å². The Hall–Kier alpha value is -3.68. The van der Waals surface area contributed by atoms with Crippen LogP contribution in [-0.2, 0) is 11.3 Å². The number of aromatic nitrogens is 3. The fourth-order valence-electron chi connectivity index (χ4n) is 4.55. The first-order valence-electron chi connectivity index (χ1n) is 11.2. The van der Waals surface area contributed by atoms with Crippen LogP contribution in [0.1, 0.15) is 17.5 Å². The summed E-state index contributed by atoms with van der Waals surface area (Å²) in [6.45, 7) is 7.34. The second kappa shape index (κ2) is 8.35. The van der Waals surface area contributed by atoms with Gasteiger partial charge in [-0.2, -0.15) is 0 Å². The quantitative estimate of drug-likeness (QED) is 0.521. The number of aryl methyl sites for hydroxylation is 3. The average Bonchev–Trinajstić information content (AvgIpc) is 3.19. The Labute approximate surface area is 190 Å². The highest BCUT2D eigenvalue weighted by atomic mass is 19.1. The van der Waals surface area contributed by atoms with Gasteiger partial charge >= 0.3 is 0 Å². The number of hydrogen-bond acceptors (Lipinski definition) is 4. The summed E-state index contributed by atoms with van der Waals surface area (Å²) < 4.78 is 15.0. The van der Waals surface area contributed by atoms with Crippen LogP contribution in [0.4, 0.5) is 10.1 Å². The van der Waals surface area contributed by atoms with Gasteiger partial charge in [0.15, 0.2) is 0 Å². The molecule has 3 heterocycles. The van der Waals surface area contributed by atoms with Crippen molar-refractivity contribution in [3.8, 4) is 0 Å². The Morgan fingerprint density at radius 3 is 2.67 bits per heavy atom. The van der Waals surface area contributed by atoms with E-state index in [1.54, 1.807) is 6.07 Å². The summed E-state index contributed by atoms with van der Waals surface area (Å²) in [7, 11) is 0. The number of carbonyl (C=O) groups excluding carboxylic acids is 1. The molecule has 1 fully saturated rings. The first kappa shape index (κ1) is 21.2. The van der Waals surface area contributed by atoms with Gasteiger partial charge in [-0.1, -0.05) is 12.1 Å².